The van der Waals surface area contributed by atoms with Crippen LogP contribution in [0.4, 0.5) is 0 Å². The quantitative estimate of drug-likeness (QED) is 0.823. The van der Waals surface area contributed by atoms with Gasteiger partial charge in [-0.25, -0.2) is 0 Å². The number of aryl methyl sites for hydroxylation is 1. The zero-order valence-corrected chi connectivity index (χ0v) is 16.2. The molecule has 0 bridgehead atoms. The summed E-state index contributed by atoms with van der Waals surface area (Å²) in [7, 11) is 0. The van der Waals surface area contributed by atoms with Crippen molar-refractivity contribution < 1.29 is 9.53 Å². The lowest BCUT2D eigenvalue weighted by Crippen LogP contribution is -2.40. The summed E-state index contributed by atoms with van der Waals surface area (Å²) < 4.78 is 5.60. The van der Waals surface area contributed by atoms with Gasteiger partial charge in [-0.1, -0.05) is 54.1 Å². The maximum Gasteiger partial charge on any atom is 0.241 e. The molecular weight excluding hydrogens is 338 g/mol. The second-order valence-electron chi connectivity index (χ2n) is 7.34. The minimum absolute atomic E-state index is 0.161. The first kappa shape index (κ1) is 19.5. The molecule has 2 atom stereocenters. The Labute approximate surface area is 161 Å². The summed E-state index contributed by atoms with van der Waals surface area (Å²) in [4.78, 5) is 14.8. The van der Waals surface area contributed by atoms with Crippen LogP contribution in [0.1, 0.15) is 35.2 Å². The van der Waals surface area contributed by atoms with Crippen molar-refractivity contribution in [2.45, 2.75) is 39.1 Å². The molecule has 0 saturated carbocycles. The van der Waals surface area contributed by atoms with Crippen LogP contribution < -0.4 is 11.1 Å². The van der Waals surface area contributed by atoms with Crippen molar-refractivity contribution in [3.05, 3.63) is 70.8 Å². The van der Waals surface area contributed by atoms with E-state index in [0.717, 1.165) is 42.9 Å². The monoisotopic (exact) mass is 367 g/mol. The number of nitrogens with one attached hydrogen (secondary N) is 1. The van der Waals surface area contributed by atoms with Crippen molar-refractivity contribution in [2.75, 3.05) is 19.7 Å². The minimum atomic E-state index is -0.649. The molecule has 0 spiro atoms. The van der Waals surface area contributed by atoms with E-state index < -0.39 is 6.04 Å². The minimum Gasteiger partial charge on any atom is -0.376 e. The molecule has 5 nitrogen and oxygen atoms in total. The highest BCUT2D eigenvalue weighted by Crippen LogP contribution is 2.14. The number of carbonyl (C=O) groups is 1. The molecule has 144 valence electrons. The van der Waals surface area contributed by atoms with Crippen molar-refractivity contribution in [1.82, 2.24) is 10.2 Å². The first-order valence-electron chi connectivity index (χ1n) is 9.53. The molecule has 2 aromatic rings. The lowest BCUT2D eigenvalue weighted by molar-refractivity contribution is -0.122. The number of morpholine rings is 1. The highest BCUT2D eigenvalue weighted by molar-refractivity contribution is 5.82. The number of nitrogens with zero attached hydrogens (tertiary/aromatic N) is 1. The van der Waals surface area contributed by atoms with E-state index in [1.165, 1.54) is 5.56 Å². The number of hydrogen-bond acceptors (Lipinski definition) is 4. The van der Waals surface area contributed by atoms with Gasteiger partial charge in [-0.15, -0.1) is 0 Å². The van der Waals surface area contributed by atoms with Gasteiger partial charge in [0.25, 0.3) is 0 Å². The Morgan fingerprint density at radius 2 is 2.00 bits per heavy atom. The Morgan fingerprint density at radius 1 is 1.26 bits per heavy atom. The van der Waals surface area contributed by atoms with Crippen molar-refractivity contribution in [3.8, 4) is 0 Å². The van der Waals surface area contributed by atoms with E-state index in [9.17, 15) is 4.79 Å². The van der Waals surface area contributed by atoms with Crippen molar-refractivity contribution >= 4 is 5.91 Å². The van der Waals surface area contributed by atoms with Crippen LogP contribution in [0, 0.1) is 6.92 Å². The van der Waals surface area contributed by atoms with Gasteiger partial charge in [0, 0.05) is 26.2 Å². The predicted molar refractivity (Wildman–Crippen MR) is 107 cm³/mol. The lowest BCUT2D eigenvalue weighted by Gasteiger charge is -2.31. The molecule has 0 aromatic heterocycles. The molecule has 2 aromatic carbocycles. The normalized spacial score (nSPS) is 18.9. The summed E-state index contributed by atoms with van der Waals surface area (Å²) in [6.07, 6.45) is 0.282. The van der Waals surface area contributed by atoms with Crippen molar-refractivity contribution in [2.24, 2.45) is 5.73 Å². The van der Waals surface area contributed by atoms with Gasteiger partial charge in [-0.2, -0.15) is 0 Å². The Balaban J connectivity index is 1.54. The fourth-order valence-electron chi connectivity index (χ4n) is 3.35. The van der Waals surface area contributed by atoms with E-state index in [0.29, 0.717) is 6.54 Å². The van der Waals surface area contributed by atoms with Crippen LogP contribution in [-0.4, -0.2) is 36.6 Å². The molecule has 3 rings (SSSR count). The van der Waals surface area contributed by atoms with E-state index >= 15 is 0 Å². The molecule has 1 fully saturated rings. The van der Waals surface area contributed by atoms with Crippen LogP contribution in [0.5, 0.6) is 0 Å². The maximum absolute atomic E-state index is 12.4. The number of carbonyl (C=O) groups excluding carboxylic acids is 1. The van der Waals surface area contributed by atoms with Gasteiger partial charge in [0.1, 0.15) is 6.04 Å². The zero-order valence-electron chi connectivity index (χ0n) is 16.2. The smallest absolute Gasteiger partial charge is 0.241 e. The van der Waals surface area contributed by atoms with E-state index in [1.54, 1.807) is 0 Å². The first-order valence-corrected chi connectivity index (χ1v) is 9.53. The summed E-state index contributed by atoms with van der Waals surface area (Å²) in [5.74, 6) is -0.161. The molecule has 1 heterocycles. The molecule has 3 N–H and O–H groups in total. The second-order valence-corrected chi connectivity index (χ2v) is 7.34. The molecule has 1 aliphatic heterocycles. The SMILES string of the molecule is Cc1ccc(C(N)C(=O)NCc2cccc(CN3CCOC(C)C3)c2)cc1. The topological polar surface area (TPSA) is 67.6 Å². The molecule has 1 aliphatic rings. The van der Waals surface area contributed by atoms with Gasteiger partial charge in [-0.3, -0.25) is 9.69 Å². The van der Waals surface area contributed by atoms with E-state index in [-0.39, 0.29) is 12.0 Å². The summed E-state index contributed by atoms with van der Waals surface area (Å²) >= 11 is 0. The third-order valence-corrected chi connectivity index (χ3v) is 4.91. The summed E-state index contributed by atoms with van der Waals surface area (Å²) in [6.45, 7) is 8.19. The third kappa shape index (κ3) is 5.63. The summed E-state index contributed by atoms with van der Waals surface area (Å²) in [5, 5.41) is 2.95. The van der Waals surface area contributed by atoms with Gasteiger partial charge in [-0.05, 0) is 30.5 Å². The molecule has 0 radical (unpaired) electrons. The van der Waals surface area contributed by atoms with Crippen LogP contribution in [0.25, 0.3) is 0 Å². The van der Waals surface area contributed by atoms with Gasteiger partial charge < -0.3 is 15.8 Å². The highest BCUT2D eigenvalue weighted by atomic mass is 16.5. The molecule has 2 unspecified atom stereocenters. The Bertz CT molecular complexity index is 760. The standard InChI is InChI=1S/C22H29N3O2/c1-16-6-8-20(9-7-16)21(23)22(26)24-13-18-4-3-5-19(12-18)15-25-10-11-27-17(2)14-25/h3-9,12,17,21H,10-11,13-15,23H2,1-2H3,(H,24,26). The second kappa shape index (κ2) is 9.13. The average molecular weight is 367 g/mol. The maximum atomic E-state index is 12.4. The van der Waals surface area contributed by atoms with Crippen LogP contribution in [0.15, 0.2) is 48.5 Å². The average Bonchev–Trinajstić information content (AvgIpc) is 2.66. The lowest BCUT2D eigenvalue weighted by atomic mass is 10.0. The Morgan fingerprint density at radius 3 is 2.74 bits per heavy atom. The summed E-state index contributed by atoms with van der Waals surface area (Å²) in [5.41, 5.74) is 10.4. The largest absolute Gasteiger partial charge is 0.376 e. The third-order valence-electron chi connectivity index (χ3n) is 4.91. The van der Waals surface area contributed by atoms with E-state index in [4.69, 9.17) is 10.5 Å². The molecule has 1 amide bonds. The number of nitrogens with two attached hydrogens (primary N) is 1. The fourth-order valence-corrected chi connectivity index (χ4v) is 3.35. The van der Waals surface area contributed by atoms with Crippen molar-refractivity contribution in [1.29, 1.82) is 0 Å². The van der Waals surface area contributed by atoms with Gasteiger partial charge in [0.2, 0.25) is 5.91 Å². The van der Waals surface area contributed by atoms with Crippen molar-refractivity contribution in [3.63, 3.8) is 0 Å². The molecular formula is C22H29N3O2. The number of ether oxygens (including phenoxy) is 1. The highest BCUT2D eigenvalue weighted by Gasteiger charge is 2.17. The van der Waals surface area contributed by atoms with Gasteiger partial charge in [0.15, 0.2) is 0 Å². The van der Waals surface area contributed by atoms with E-state index in [1.807, 2.05) is 43.3 Å². The molecule has 1 saturated heterocycles. The predicted octanol–water partition coefficient (Wildman–Crippen LogP) is 2.53. The summed E-state index contributed by atoms with van der Waals surface area (Å²) in [6, 6.07) is 15.5. The number of rotatable bonds is 6. The van der Waals surface area contributed by atoms with Crippen LogP contribution in [-0.2, 0) is 22.6 Å². The molecule has 27 heavy (non-hydrogen) atoms. The van der Waals surface area contributed by atoms with E-state index in [2.05, 4.69) is 29.3 Å². The van der Waals surface area contributed by atoms with Crippen LogP contribution in [0.3, 0.4) is 0 Å². The van der Waals surface area contributed by atoms with Crippen LogP contribution >= 0.6 is 0 Å². The number of benzene rings is 2. The zero-order chi connectivity index (χ0) is 19.2. The fraction of sp³-hybridized carbons (Fsp3) is 0.409. The van der Waals surface area contributed by atoms with Gasteiger partial charge >= 0.3 is 0 Å². The van der Waals surface area contributed by atoms with Crippen LogP contribution in [0.2, 0.25) is 0 Å². The number of hydrogen-bond donors (Lipinski definition) is 2. The Hall–Kier alpha value is -2.21. The first-order chi connectivity index (χ1) is 13.0. The molecule has 0 aliphatic carbocycles. The number of amides is 1. The molecule has 5 heteroatoms. The Kier molecular flexibility index (Phi) is 6.61. The van der Waals surface area contributed by atoms with Gasteiger partial charge in [0.05, 0.1) is 12.7 Å².